The number of unbranched alkanes of at least 4 members (excludes halogenated alkanes) is 7. The number of rotatable bonds is 10. The maximum absolute atomic E-state index is 11.8. The van der Waals surface area contributed by atoms with Gasteiger partial charge >= 0.3 is 0 Å². The summed E-state index contributed by atoms with van der Waals surface area (Å²) in [5.74, 6) is -0.287. The number of azo groups is 1. The van der Waals surface area contributed by atoms with Crippen molar-refractivity contribution in [2.24, 2.45) is 10.2 Å². The molecule has 0 unspecified atom stereocenters. The molecule has 5 heteroatoms. The lowest BCUT2D eigenvalue weighted by molar-refractivity contribution is -0.118. The van der Waals surface area contributed by atoms with Crippen LogP contribution in [0.5, 0.6) is 5.88 Å². The molecule has 0 saturated heterocycles. The lowest BCUT2D eigenvalue weighted by atomic mass is 10.1. The summed E-state index contributed by atoms with van der Waals surface area (Å²) in [6, 6.07) is 7.41. The number of aromatic hydroxyl groups is 1. The molecule has 24 heavy (non-hydrogen) atoms. The summed E-state index contributed by atoms with van der Waals surface area (Å²) in [5.41, 5.74) is 1.11. The second-order valence-electron chi connectivity index (χ2n) is 6.19. The molecule has 1 aromatic carbocycles. The number of carbonyl (C=O) groups is 1. The number of hydrogen-bond donors (Lipinski definition) is 2. The van der Waals surface area contributed by atoms with Crippen LogP contribution < -0.4 is 0 Å². The molecule has 0 aliphatic carbocycles. The van der Waals surface area contributed by atoms with E-state index in [1.807, 2.05) is 24.3 Å². The maximum Gasteiger partial charge on any atom is 0.264 e. The maximum atomic E-state index is 11.8. The van der Waals surface area contributed by atoms with Crippen LogP contribution in [0.15, 0.2) is 34.5 Å². The van der Waals surface area contributed by atoms with Gasteiger partial charge in [-0.25, -0.2) is 0 Å². The zero-order valence-electron chi connectivity index (χ0n) is 14.4. The van der Waals surface area contributed by atoms with Crippen molar-refractivity contribution in [3.63, 3.8) is 0 Å². The highest BCUT2D eigenvalue weighted by atomic mass is 16.3. The molecule has 0 spiro atoms. The summed E-state index contributed by atoms with van der Waals surface area (Å²) >= 11 is 0. The topological polar surface area (TPSA) is 77.8 Å². The third-order valence-electron chi connectivity index (χ3n) is 4.17. The van der Waals surface area contributed by atoms with Gasteiger partial charge in [0.1, 0.15) is 0 Å². The molecular formula is C19H27N3O2. The van der Waals surface area contributed by atoms with Crippen molar-refractivity contribution < 1.29 is 9.90 Å². The zero-order valence-corrected chi connectivity index (χ0v) is 14.4. The molecule has 2 aromatic rings. The molecule has 2 rings (SSSR count). The number of carbonyl (C=O) groups excluding carboxylic acids is 1. The van der Waals surface area contributed by atoms with Gasteiger partial charge in [-0.15, -0.1) is 10.2 Å². The summed E-state index contributed by atoms with van der Waals surface area (Å²) in [6.45, 7) is 2.22. The fourth-order valence-electron chi connectivity index (χ4n) is 2.78. The minimum absolute atomic E-state index is 0.0557. The Morgan fingerprint density at radius 2 is 1.71 bits per heavy atom. The number of H-pyrrole nitrogens is 1. The van der Waals surface area contributed by atoms with Crippen LogP contribution in [0.25, 0.3) is 10.9 Å². The van der Waals surface area contributed by atoms with Crippen molar-refractivity contribution in [1.82, 2.24) is 4.98 Å². The van der Waals surface area contributed by atoms with Gasteiger partial charge in [0.15, 0.2) is 5.69 Å². The highest BCUT2D eigenvalue weighted by molar-refractivity contribution is 5.94. The Labute approximate surface area is 143 Å². The van der Waals surface area contributed by atoms with Gasteiger partial charge in [0.05, 0.1) is 5.52 Å². The van der Waals surface area contributed by atoms with Gasteiger partial charge in [0, 0.05) is 11.8 Å². The van der Waals surface area contributed by atoms with Crippen molar-refractivity contribution in [1.29, 1.82) is 0 Å². The van der Waals surface area contributed by atoms with Crippen LogP contribution in [0.3, 0.4) is 0 Å². The molecule has 0 radical (unpaired) electrons. The smallest absolute Gasteiger partial charge is 0.264 e. The molecule has 0 aliphatic rings. The van der Waals surface area contributed by atoms with E-state index in [1.165, 1.54) is 38.5 Å². The lowest BCUT2D eigenvalue weighted by Gasteiger charge is -2.00. The zero-order chi connectivity index (χ0) is 17.2. The second kappa shape index (κ2) is 9.85. The van der Waals surface area contributed by atoms with E-state index >= 15 is 0 Å². The van der Waals surface area contributed by atoms with Crippen LogP contribution in [-0.2, 0) is 4.79 Å². The molecule has 0 atom stereocenters. The van der Waals surface area contributed by atoms with Gasteiger partial charge in [-0.1, -0.05) is 70.1 Å². The predicted octanol–water partition coefficient (Wildman–Crippen LogP) is 6.01. The van der Waals surface area contributed by atoms with E-state index < -0.39 is 0 Å². The number of nitrogens with zero attached hydrogens (tertiary/aromatic N) is 2. The Morgan fingerprint density at radius 3 is 2.46 bits per heavy atom. The molecule has 0 saturated carbocycles. The number of aromatic nitrogens is 1. The minimum Gasteiger partial charge on any atom is -0.493 e. The first-order valence-corrected chi connectivity index (χ1v) is 8.96. The van der Waals surface area contributed by atoms with Crippen LogP contribution >= 0.6 is 0 Å². The fraction of sp³-hybridized carbons (Fsp3) is 0.526. The predicted molar refractivity (Wildman–Crippen MR) is 96.7 cm³/mol. The fourth-order valence-corrected chi connectivity index (χ4v) is 2.78. The summed E-state index contributed by atoms with van der Waals surface area (Å²) in [5, 5.41) is 18.3. The highest BCUT2D eigenvalue weighted by Gasteiger charge is 2.10. The monoisotopic (exact) mass is 329 g/mol. The Bertz CT molecular complexity index is 676. The van der Waals surface area contributed by atoms with Gasteiger partial charge in [-0.05, 0) is 12.5 Å². The number of nitrogens with one attached hydrogen (secondary N) is 1. The van der Waals surface area contributed by atoms with Gasteiger partial charge in [-0.3, -0.25) is 4.79 Å². The summed E-state index contributed by atoms with van der Waals surface area (Å²) < 4.78 is 0. The molecule has 1 amide bonds. The highest BCUT2D eigenvalue weighted by Crippen LogP contribution is 2.35. The van der Waals surface area contributed by atoms with Gasteiger partial charge in [-0.2, -0.15) is 0 Å². The average Bonchev–Trinajstić information content (AvgIpc) is 2.90. The number of hydrogen-bond acceptors (Lipinski definition) is 3. The van der Waals surface area contributed by atoms with Crippen molar-refractivity contribution in [2.75, 3.05) is 0 Å². The third-order valence-corrected chi connectivity index (χ3v) is 4.17. The van der Waals surface area contributed by atoms with Gasteiger partial charge in [0.2, 0.25) is 5.88 Å². The van der Waals surface area contributed by atoms with Crippen LogP contribution in [0.1, 0.15) is 64.7 Å². The van der Waals surface area contributed by atoms with E-state index in [0.29, 0.717) is 12.1 Å². The third kappa shape index (κ3) is 5.48. The molecule has 5 nitrogen and oxygen atoms in total. The van der Waals surface area contributed by atoms with Crippen LogP contribution in [0.2, 0.25) is 0 Å². The molecule has 1 heterocycles. The van der Waals surface area contributed by atoms with Crippen LogP contribution in [0, 0.1) is 0 Å². The molecule has 130 valence electrons. The number of benzene rings is 1. The average molecular weight is 329 g/mol. The van der Waals surface area contributed by atoms with E-state index in [-0.39, 0.29) is 11.8 Å². The lowest BCUT2D eigenvalue weighted by Crippen LogP contribution is -1.91. The molecular weight excluding hydrogens is 302 g/mol. The Morgan fingerprint density at radius 1 is 1.04 bits per heavy atom. The molecule has 2 N–H and O–H groups in total. The van der Waals surface area contributed by atoms with Crippen molar-refractivity contribution >= 4 is 22.5 Å². The minimum atomic E-state index is -0.231. The SMILES string of the molecule is CCCCCCCCCCC(=O)N=Nc1c(O)[nH]c2ccccc12. The van der Waals surface area contributed by atoms with E-state index in [9.17, 15) is 9.90 Å². The van der Waals surface area contributed by atoms with E-state index in [4.69, 9.17) is 0 Å². The Balaban J connectivity index is 1.72. The quantitative estimate of drug-likeness (QED) is 0.413. The Hall–Kier alpha value is -2.17. The van der Waals surface area contributed by atoms with Crippen LogP contribution in [-0.4, -0.2) is 16.0 Å². The molecule has 0 fully saturated rings. The summed E-state index contributed by atoms with van der Waals surface area (Å²) in [4.78, 5) is 14.6. The number of amides is 1. The summed E-state index contributed by atoms with van der Waals surface area (Å²) in [6.07, 6.45) is 9.96. The standard InChI is InChI=1S/C19H27N3O2/c1-2-3-4-5-6-7-8-9-14-17(23)21-22-18-15-12-10-11-13-16(15)20-19(18)24/h10-13,20,24H,2-9,14H2,1H3. The van der Waals surface area contributed by atoms with Gasteiger partial charge < -0.3 is 10.1 Å². The number of aromatic amines is 1. The van der Waals surface area contributed by atoms with E-state index in [1.54, 1.807) is 0 Å². The first-order chi connectivity index (χ1) is 11.7. The molecule has 1 aromatic heterocycles. The van der Waals surface area contributed by atoms with Crippen molar-refractivity contribution in [2.45, 2.75) is 64.7 Å². The first-order valence-electron chi connectivity index (χ1n) is 8.96. The largest absolute Gasteiger partial charge is 0.493 e. The van der Waals surface area contributed by atoms with Crippen molar-refractivity contribution in [3.8, 4) is 5.88 Å². The first kappa shape index (κ1) is 18.2. The summed E-state index contributed by atoms with van der Waals surface area (Å²) in [7, 11) is 0. The number of para-hydroxylation sites is 1. The normalized spacial score (nSPS) is 11.5. The molecule has 0 aliphatic heterocycles. The number of fused-ring (bicyclic) bond motifs is 1. The van der Waals surface area contributed by atoms with Crippen LogP contribution in [0.4, 0.5) is 5.69 Å². The van der Waals surface area contributed by atoms with E-state index in [2.05, 4.69) is 22.1 Å². The van der Waals surface area contributed by atoms with Crippen molar-refractivity contribution in [3.05, 3.63) is 24.3 Å². The molecule has 0 bridgehead atoms. The second-order valence-corrected chi connectivity index (χ2v) is 6.19. The Kier molecular flexibility index (Phi) is 7.46. The van der Waals surface area contributed by atoms with Gasteiger partial charge in [0.25, 0.3) is 5.91 Å². The van der Waals surface area contributed by atoms with E-state index in [0.717, 1.165) is 23.7 Å².